The fraction of sp³-hybridized carbons (Fsp3) is 0.324. The fourth-order valence-corrected chi connectivity index (χ4v) is 4.73. The van der Waals surface area contributed by atoms with Gasteiger partial charge < -0.3 is 10.2 Å². The highest BCUT2D eigenvalue weighted by atomic mass is 16.2. The van der Waals surface area contributed by atoms with Gasteiger partial charge in [0.1, 0.15) is 12.1 Å². The summed E-state index contributed by atoms with van der Waals surface area (Å²) in [5.41, 5.74) is 5.54. The van der Waals surface area contributed by atoms with Crippen LogP contribution in [0.5, 0.6) is 0 Å². The SMILES string of the molecule is C#CC.C=C(/C=C\C/C=C\C)/C=C/C=C(\C=NC)c1cnn(NC2=CC(=O)CCN2)c1/N=C/C1CC(C)N(C(=O)c2ncn[nH]2)C1. The molecule has 2 aliphatic rings. The van der Waals surface area contributed by atoms with Gasteiger partial charge in [0.2, 0.25) is 5.82 Å². The van der Waals surface area contributed by atoms with Crippen molar-refractivity contribution in [1.29, 1.82) is 0 Å². The van der Waals surface area contributed by atoms with Gasteiger partial charge in [0.25, 0.3) is 5.91 Å². The molecule has 1 saturated heterocycles. The Hall–Kier alpha value is -5.57. The predicted molar refractivity (Wildman–Crippen MR) is 184 cm³/mol. The van der Waals surface area contributed by atoms with Gasteiger partial charge in [-0.2, -0.15) is 15.0 Å². The summed E-state index contributed by atoms with van der Waals surface area (Å²) in [5.74, 6) is 3.38. The van der Waals surface area contributed by atoms with Crippen molar-refractivity contribution in [1.82, 2.24) is 35.3 Å². The number of ketones is 1. The van der Waals surface area contributed by atoms with Crippen molar-refractivity contribution in [3.8, 4) is 12.3 Å². The van der Waals surface area contributed by atoms with Crippen molar-refractivity contribution >= 4 is 35.5 Å². The second kappa shape index (κ2) is 18.3. The molecule has 240 valence electrons. The molecule has 2 aromatic heterocycles. The van der Waals surface area contributed by atoms with Gasteiger partial charge in [-0.15, -0.1) is 12.3 Å². The highest BCUT2D eigenvalue weighted by Crippen LogP contribution is 2.28. The summed E-state index contributed by atoms with van der Waals surface area (Å²) < 4.78 is 0. The second-order valence-corrected chi connectivity index (χ2v) is 10.5. The van der Waals surface area contributed by atoms with E-state index in [4.69, 9.17) is 4.99 Å². The van der Waals surface area contributed by atoms with E-state index in [-0.39, 0.29) is 29.5 Å². The molecule has 0 spiro atoms. The third-order valence-corrected chi connectivity index (χ3v) is 6.86. The number of aliphatic imine (C=N–C) groups is 2. The van der Waals surface area contributed by atoms with E-state index in [9.17, 15) is 9.59 Å². The lowest BCUT2D eigenvalue weighted by Crippen LogP contribution is -2.34. The molecule has 0 aromatic carbocycles. The number of nitrogens with zero attached hydrogens (tertiary/aromatic N) is 7. The summed E-state index contributed by atoms with van der Waals surface area (Å²) in [6.07, 6.45) is 28.6. The number of likely N-dealkylation sites (tertiary alicyclic amines) is 1. The van der Waals surface area contributed by atoms with Crippen molar-refractivity contribution in [3.05, 3.63) is 90.5 Å². The van der Waals surface area contributed by atoms with Gasteiger partial charge in [-0.25, -0.2) is 9.98 Å². The maximum atomic E-state index is 12.9. The normalized spacial score (nSPS) is 18.8. The van der Waals surface area contributed by atoms with E-state index in [1.54, 1.807) is 31.3 Å². The minimum atomic E-state index is -0.192. The van der Waals surface area contributed by atoms with Gasteiger partial charge in [-0.05, 0) is 39.2 Å². The summed E-state index contributed by atoms with van der Waals surface area (Å²) in [6, 6.07) is 0.00660. The molecule has 2 aliphatic heterocycles. The number of hydrogen-bond acceptors (Lipinski definition) is 9. The average molecular weight is 623 g/mol. The van der Waals surface area contributed by atoms with E-state index in [1.165, 1.54) is 17.2 Å². The average Bonchev–Trinajstić information content (AvgIpc) is 3.79. The number of nitrogens with one attached hydrogen (secondary N) is 3. The molecule has 4 heterocycles. The van der Waals surface area contributed by atoms with Crippen LogP contribution in [0.4, 0.5) is 5.82 Å². The first-order chi connectivity index (χ1) is 22.3. The van der Waals surface area contributed by atoms with Crippen molar-refractivity contribution in [2.75, 3.05) is 25.6 Å². The van der Waals surface area contributed by atoms with Gasteiger partial charge in [0, 0.05) is 68.2 Å². The molecule has 2 atom stereocenters. The molecule has 12 nitrogen and oxygen atoms in total. The molecule has 1 fully saturated rings. The molecular weight excluding hydrogens is 580 g/mol. The molecule has 46 heavy (non-hydrogen) atoms. The number of aromatic nitrogens is 5. The molecule has 0 aliphatic carbocycles. The quantitative estimate of drug-likeness (QED) is 0.136. The Balaban J connectivity index is 0.00000185. The van der Waals surface area contributed by atoms with Crippen LogP contribution in [0.25, 0.3) is 5.57 Å². The van der Waals surface area contributed by atoms with Crippen molar-refractivity contribution < 1.29 is 9.59 Å². The molecule has 2 unspecified atom stereocenters. The number of carbonyl (C=O) groups is 2. The summed E-state index contributed by atoms with van der Waals surface area (Å²) in [4.78, 5) is 41.3. The lowest BCUT2D eigenvalue weighted by molar-refractivity contribution is -0.114. The van der Waals surface area contributed by atoms with E-state index in [1.807, 2.05) is 50.4 Å². The number of hydrogen-bond donors (Lipinski definition) is 3. The molecule has 2 aromatic rings. The number of allylic oxidation sites excluding steroid dienone is 10. The van der Waals surface area contributed by atoms with E-state index < -0.39 is 0 Å². The zero-order valence-electron chi connectivity index (χ0n) is 26.8. The predicted octanol–water partition coefficient (Wildman–Crippen LogP) is 4.56. The van der Waals surface area contributed by atoms with Gasteiger partial charge in [-0.3, -0.25) is 25.1 Å². The monoisotopic (exact) mass is 622 g/mol. The van der Waals surface area contributed by atoms with E-state index in [0.717, 1.165) is 29.6 Å². The van der Waals surface area contributed by atoms with Gasteiger partial charge >= 0.3 is 0 Å². The van der Waals surface area contributed by atoms with Crippen molar-refractivity contribution in [3.63, 3.8) is 0 Å². The Morgan fingerprint density at radius 2 is 2.13 bits per heavy atom. The molecule has 12 heteroatoms. The lowest BCUT2D eigenvalue weighted by Gasteiger charge is -2.19. The standard InChI is InChI=1S/C31H38N10O2.C3H4/c1-5-6-7-8-10-22(2)11-9-12-25(18-32-4)27-19-37-41(39-28-16-26(42)13-14-33-28)30(27)34-17-24-15-23(3)40(20-24)31(43)29-35-21-36-38-29;1-3-2/h5-6,8-12,16-19,21,23-24,33,39H,2,7,13-15,20H2,1,3-4H3,(H,35,36,38);1H,2H3/b6-5-,10-8-,11-9+,25-12+,32-18?,34-17+;. The maximum Gasteiger partial charge on any atom is 0.291 e. The van der Waals surface area contributed by atoms with Crippen LogP contribution in [0, 0.1) is 18.3 Å². The van der Waals surface area contributed by atoms with Crippen LogP contribution in [0.1, 0.15) is 56.2 Å². The van der Waals surface area contributed by atoms with Crippen LogP contribution in [0.3, 0.4) is 0 Å². The first-order valence-electron chi connectivity index (χ1n) is 15.0. The zero-order valence-corrected chi connectivity index (χ0v) is 26.8. The summed E-state index contributed by atoms with van der Waals surface area (Å²) in [5, 5.41) is 14.2. The number of amides is 1. The second-order valence-electron chi connectivity index (χ2n) is 10.5. The minimum Gasteiger partial charge on any atom is -0.370 e. The number of rotatable bonds is 12. The highest BCUT2D eigenvalue weighted by molar-refractivity contribution is 6.12. The van der Waals surface area contributed by atoms with Gasteiger partial charge in [0.15, 0.2) is 11.6 Å². The third-order valence-electron chi connectivity index (χ3n) is 6.86. The Morgan fingerprint density at radius 1 is 1.33 bits per heavy atom. The summed E-state index contributed by atoms with van der Waals surface area (Å²) in [7, 11) is 1.70. The smallest absolute Gasteiger partial charge is 0.291 e. The van der Waals surface area contributed by atoms with Gasteiger partial charge in [0.05, 0.1) is 6.20 Å². The molecule has 3 N–H and O–H groups in total. The molecule has 0 saturated carbocycles. The number of H-pyrrole nitrogens is 1. The van der Waals surface area contributed by atoms with Crippen LogP contribution in [0.2, 0.25) is 0 Å². The zero-order chi connectivity index (χ0) is 33.3. The fourth-order valence-electron chi connectivity index (χ4n) is 4.73. The molecule has 1 amide bonds. The first kappa shape index (κ1) is 34.9. The van der Waals surface area contributed by atoms with Crippen LogP contribution in [-0.4, -0.2) is 80.3 Å². The van der Waals surface area contributed by atoms with Crippen molar-refractivity contribution in [2.24, 2.45) is 15.9 Å². The van der Waals surface area contributed by atoms with Crippen LogP contribution in [-0.2, 0) is 4.79 Å². The van der Waals surface area contributed by atoms with Crippen LogP contribution >= 0.6 is 0 Å². The Morgan fingerprint density at radius 3 is 2.83 bits per heavy atom. The van der Waals surface area contributed by atoms with E-state index in [0.29, 0.717) is 31.1 Å². The van der Waals surface area contributed by atoms with E-state index >= 15 is 0 Å². The number of carbonyl (C=O) groups excluding carboxylic acids is 2. The lowest BCUT2D eigenvalue weighted by atomic mass is 10.1. The first-order valence-corrected chi connectivity index (χ1v) is 15.0. The van der Waals surface area contributed by atoms with E-state index in [2.05, 4.69) is 67.1 Å². The Kier molecular flexibility index (Phi) is 13.9. The van der Waals surface area contributed by atoms with Crippen LogP contribution < -0.4 is 10.7 Å². The molecule has 4 rings (SSSR count). The number of terminal acetylenes is 1. The van der Waals surface area contributed by atoms with Crippen LogP contribution in [0.15, 0.2) is 89.1 Å². The summed E-state index contributed by atoms with van der Waals surface area (Å²) in [6.45, 7) is 10.8. The summed E-state index contributed by atoms with van der Waals surface area (Å²) >= 11 is 0. The minimum absolute atomic E-state index is 0.00660. The highest BCUT2D eigenvalue weighted by Gasteiger charge is 2.33. The topological polar surface area (TPSA) is 146 Å². The third kappa shape index (κ3) is 10.3. The molecule has 0 bridgehead atoms. The van der Waals surface area contributed by atoms with Gasteiger partial charge in [-0.1, -0.05) is 49.1 Å². The maximum absolute atomic E-state index is 12.9. The largest absolute Gasteiger partial charge is 0.370 e. The molecular formula is C34H42N10O2. The van der Waals surface area contributed by atoms with Crippen molar-refractivity contribution in [2.45, 2.75) is 46.1 Å². The Labute approximate surface area is 270 Å². The number of aromatic amines is 1. The molecule has 0 radical (unpaired) electrons. The Bertz CT molecular complexity index is 1600.